The molecule has 0 radical (unpaired) electrons. The first-order valence-electron chi connectivity index (χ1n) is 13.4. The third-order valence-corrected chi connectivity index (χ3v) is 6.89. The fourth-order valence-corrected chi connectivity index (χ4v) is 4.82. The van der Waals surface area contributed by atoms with Crippen LogP contribution in [-0.2, 0) is 11.3 Å². The second-order valence-electron chi connectivity index (χ2n) is 10.0. The molecule has 1 aliphatic carbocycles. The zero-order chi connectivity index (χ0) is 27.6. The first-order valence-corrected chi connectivity index (χ1v) is 13.4. The van der Waals surface area contributed by atoms with Gasteiger partial charge in [-0.05, 0) is 72.9 Å². The van der Waals surface area contributed by atoms with Gasteiger partial charge < -0.3 is 25.4 Å². The quantitative estimate of drug-likeness (QED) is 0.286. The van der Waals surface area contributed by atoms with E-state index in [-0.39, 0.29) is 30.9 Å². The normalized spacial score (nSPS) is 16.6. The van der Waals surface area contributed by atoms with E-state index in [1.165, 1.54) is 6.42 Å². The summed E-state index contributed by atoms with van der Waals surface area (Å²) in [4.78, 5) is 38.4. The smallest absolute Gasteiger partial charge is 0.322 e. The molecule has 3 aromatic carbocycles. The van der Waals surface area contributed by atoms with Gasteiger partial charge in [-0.2, -0.15) is 0 Å². The maximum Gasteiger partial charge on any atom is 0.322 e. The number of anilines is 1. The highest BCUT2D eigenvalue weighted by Crippen LogP contribution is 2.29. The summed E-state index contributed by atoms with van der Waals surface area (Å²) in [6.07, 6.45) is 4.01. The number of carbonyl (C=O) groups excluding carboxylic acids is 2. The van der Waals surface area contributed by atoms with E-state index >= 15 is 0 Å². The lowest BCUT2D eigenvalue weighted by atomic mass is 9.86. The minimum atomic E-state index is -0.961. The van der Waals surface area contributed by atoms with Crippen molar-refractivity contribution in [1.82, 2.24) is 10.2 Å². The molecule has 3 aromatic rings. The number of ether oxygens (including phenoxy) is 1. The molecule has 8 nitrogen and oxygen atoms in total. The molecule has 8 heteroatoms. The molecule has 204 valence electrons. The van der Waals surface area contributed by atoms with Crippen LogP contribution in [0.3, 0.4) is 0 Å². The van der Waals surface area contributed by atoms with Gasteiger partial charge in [0.15, 0.2) is 0 Å². The Labute approximate surface area is 229 Å². The lowest BCUT2D eigenvalue weighted by Crippen LogP contribution is -2.44. The predicted octanol–water partition coefficient (Wildman–Crippen LogP) is 6.30. The van der Waals surface area contributed by atoms with Crippen molar-refractivity contribution in [3.8, 4) is 11.5 Å². The SMILES string of the molecule is CC1CCCC(N(Cc2ccc(C(=O)NCCC(=O)O)cc2)C(=O)Nc2ccc(Oc3ccccc3)cc2)C1. The first-order chi connectivity index (χ1) is 18.9. The molecular weight excluding hydrogens is 494 g/mol. The van der Waals surface area contributed by atoms with Gasteiger partial charge in [0.1, 0.15) is 11.5 Å². The summed E-state index contributed by atoms with van der Waals surface area (Å²) < 4.78 is 5.85. The Kier molecular flexibility index (Phi) is 9.56. The van der Waals surface area contributed by atoms with E-state index in [1.807, 2.05) is 71.6 Å². The number of carboxylic acids is 1. The van der Waals surface area contributed by atoms with E-state index in [2.05, 4.69) is 17.6 Å². The highest BCUT2D eigenvalue weighted by molar-refractivity contribution is 5.94. The molecule has 3 N–H and O–H groups in total. The van der Waals surface area contributed by atoms with Crippen LogP contribution in [0.15, 0.2) is 78.9 Å². The Hall–Kier alpha value is -4.33. The van der Waals surface area contributed by atoms with Crippen LogP contribution in [0.4, 0.5) is 10.5 Å². The molecule has 0 aromatic heterocycles. The van der Waals surface area contributed by atoms with E-state index in [9.17, 15) is 14.4 Å². The predicted molar refractivity (Wildman–Crippen MR) is 150 cm³/mol. The average molecular weight is 530 g/mol. The molecular formula is C31H35N3O5. The Balaban J connectivity index is 1.42. The summed E-state index contributed by atoms with van der Waals surface area (Å²) in [5, 5.41) is 14.4. The number of hydrogen-bond donors (Lipinski definition) is 3. The van der Waals surface area contributed by atoms with E-state index in [0.29, 0.717) is 29.5 Å². The van der Waals surface area contributed by atoms with Gasteiger partial charge >= 0.3 is 12.0 Å². The number of amides is 3. The van der Waals surface area contributed by atoms with Crippen LogP contribution in [0, 0.1) is 5.92 Å². The standard InChI is InChI=1S/C31H35N3O5/c1-22-6-5-7-26(20-22)34(21-23-10-12-24(13-11-23)30(37)32-19-18-29(35)36)31(38)33-25-14-16-28(17-15-25)39-27-8-3-2-4-9-27/h2-4,8-17,22,26H,5-7,18-21H2,1H3,(H,32,37)(H,33,38)(H,35,36). The summed E-state index contributed by atoms with van der Waals surface area (Å²) in [7, 11) is 0. The van der Waals surface area contributed by atoms with Gasteiger partial charge in [-0.3, -0.25) is 9.59 Å². The number of nitrogens with zero attached hydrogens (tertiary/aromatic N) is 1. The van der Waals surface area contributed by atoms with Gasteiger partial charge in [-0.25, -0.2) is 4.79 Å². The number of nitrogens with one attached hydrogen (secondary N) is 2. The molecule has 1 fully saturated rings. The van der Waals surface area contributed by atoms with Crippen LogP contribution >= 0.6 is 0 Å². The van der Waals surface area contributed by atoms with Crippen LogP contribution in [-0.4, -0.2) is 40.5 Å². The number of aliphatic carboxylic acids is 1. The van der Waals surface area contributed by atoms with Gasteiger partial charge in [0.05, 0.1) is 6.42 Å². The second-order valence-corrected chi connectivity index (χ2v) is 10.0. The third kappa shape index (κ3) is 8.33. The summed E-state index contributed by atoms with van der Waals surface area (Å²) in [6.45, 7) is 2.72. The maximum atomic E-state index is 13.5. The van der Waals surface area contributed by atoms with Crippen LogP contribution in [0.2, 0.25) is 0 Å². The number of carboxylic acid groups (broad SMARTS) is 1. The number of hydrogen-bond acceptors (Lipinski definition) is 4. The summed E-state index contributed by atoms with van der Waals surface area (Å²) in [5.41, 5.74) is 2.05. The summed E-state index contributed by atoms with van der Waals surface area (Å²) in [6, 6.07) is 23.9. The van der Waals surface area contributed by atoms with Crippen LogP contribution < -0.4 is 15.4 Å². The van der Waals surface area contributed by atoms with Gasteiger partial charge in [0.25, 0.3) is 5.91 Å². The maximum absolute atomic E-state index is 13.5. The van der Waals surface area contributed by atoms with Crippen LogP contribution in [0.25, 0.3) is 0 Å². The highest BCUT2D eigenvalue weighted by atomic mass is 16.5. The van der Waals surface area contributed by atoms with Gasteiger partial charge in [0.2, 0.25) is 0 Å². The second kappa shape index (κ2) is 13.5. The van der Waals surface area contributed by atoms with Gasteiger partial charge in [-0.1, -0.05) is 50.1 Å². The van der Waals surface area contributed by atoms with E-state index < -0.39 is 5.97 Å². The number of carbonyl (C=O) groups is 3. The fraction of sp³-hybridized carbons (Fsp3) is 0.323. The van der Waals surface area contributed by atoms with Crippen molar-refractivity contribution >= 4 is 23.6 Å². The first kappa shape index (κ1) is 27.7. The molecule has 0 heterocycles. The molecule has 0 spiro atoms. The molecule has 0 aliphatic heterocycles. The van der Waals surface area contributed by atoms with Crippen molar-refractivity contribution in [2.24, 2.45) is 5.92 Å². The molecule has 1 saturated carbocycles. The topological polar surface area (TPSA) is 108 Å². The Morgan fingerprint density at radius 1 is 0.923 bits per heavy atom. The number of urea groups is 1. The molecule has 1 aliphatic rings. The van der Waals surface area contributed by atoms with Crippen molar-refractivity contribution < 1.29 is 24.2 Å². The number of para-hydroxylation sites is 1. The summed E-state index contributed by atoms with van der Waals surface area (Å²) in [5.74, 6) is 0.695. The fourth-order valence-electron chi connectivity index (χ4n) is 4.82. The van der Waals surface area contributed by atoms with Gasteiger partial charge in [-0.15, -0.1) is 0 Å². The lowest BCUT2D eigenvalue weighted by Gasteiger charge is -2.36. The molecule has 39 heavy (non-hydrogen) atoms. The van der Waals surface area contributed by atoms with Crippen molar-refractivity contribution in [2.45, 2.75) is 51.6 Å². The zero-order valence-corrected chi connectivity index (χ0v) is 22.1. The monoisotopic (exact) mass is 529 g/mol. The third-order valence-electron chi connectivity index (χ3n) is 6.89. The van der Waals surface area contributed by atoms with Crippen molar-refractivity contribution in [2.75, 3.05) is 11.9 Å². The van der Waals surface area contributed by atoms with Crippen LogP contribution in [0.1, 0.15) is 54.9 Å². The van der Waals surface area contributed by atoms with E-state index in [1.54, 1.807) is 12.1 Å². The molecule has 2 atom stereocenters. The minimum absolute atomic E-state index is 0.0725. The zero-order valence-electron chi connectivity index (χ0n) is 22.1. The molecule has 0 saturated heterocycles. The van der Waals surface area contributed by atoms with E-state index in [0.717, 1.165) is 30.6 Å². The molecule has 0 bridgehead atoms. The van der Waals surface area contributed by atoms with Gasteiger partial charge in [0, 0.05) is 30.4 Å². The molecule has 4 rings (SSSR count). The van der Waals surface area contributed by atoms with Crippen molar-refractivity contribution in [1.29, 1.82) is 0 Å². The Morgan fingerprint density at radius 3 is 2.28 bits per heavy atom. The lowest BCUT2D eigenvalue weighted by molar-refractivity contribution is -0.136. The minimum Gasteiger partial charge on any atom is -0.481 e. The summed E-state index contributed by atoms with van der Waals surface area (Å²) >= 11 is 0. The number of benzene rings is 3. The molecule has 3 amide bonds. The average Bonchev–Trinajstić information content (AvgIpc) is 2.93. The van der Waals surface area contributed by atoms with Crippen LogP contribution in [0.5, 0.6) is 11.5 Å². The van der Waals surface area contributed by atoms with Crippen molar-refractivity contribution in [3.63, 3.8) is 0 Å². The Morgan fingerprint density at radius 2 is 1.62 bits per heavy atom. The Bertz CT molecular complexity index is 1250. The molecule has 2 unspecified atom stereocenters. The van der Waals surface area contributed by atoms with E-state index in [4.69, 9.17) is 9.84 Å². The number of rotatable bonds is 10. The van der Waals surface area contributed by atoms with Crippen molar-refractivity contribution in [3.05, 3.63) is 90.0 Å². The highest BCUT2D eigenvalue weighted by Gasteiger charge is 2.28. The largest absolute Gasteiger partial charge is 0.481 e.